The minimum atomic E-state index is 0.587. The molecule has 90 valence electrons. The minimum absolute atomic E-state index is 0.587. The molecule has 1 aromatic heterocycles. The second-order valence-electron chi connectivity index (χ2n) is 3.85. The topological polar surface area (TPSA) is 38.9 Å². The Kier molecular flexibility index (Phi) is 4.31. The maximum absolute atomic E-state index is 5.76. The van der Waals surface area contributed by atoms with E-state index >= 15 is 0 Å². The van der Waals surface area contributed by atoms with Crippen molar-refractivity contribution in [3.8, 4) is 10.6 Å². The lowest BCUT2D eigenvalue weighted by molar-refractivity contribution is 0.872. The van der Waals surface area contributed by atoms with Crippen LogP contribution in [0.3, 0.4) is 0 Å². The van der Waals surface area contributed by atoms with Gasteiger partial charge >= 0.3 is 0 Å². The van der Waals surface area contributed by atoms with Gasteiger partial charge in [0.25, 0.3) is 0 Å². The molecule has 0 aliphatic rings. The normalized spacial score (nSPS) is 10.8. The third-order valence-electron chi connectivity index (χ3n) is 2.54. The first-order chi connectivity index (χ1) is 8.24. The van der Waals surface area contributed by atoms with Crippen LogP contribution in [0.5, 0.6) is 0 Å². The zero-order chi connectivity index (χ0) is 12.3. The molecule has 0 fully saturated rings. The first kappa shape index (κ1) is 12.7. The highest BCUT2D eigenvalue weighted by Gasteiger charge is 2.10. The molecule has 0 saturated carbocycles. The predicted molar refractivity (Wildman–Crippen MR) is 77.1 cm³/mol. The predicted octanol–water partition coefficient (Wildman–Crippen LogP) is 3.98. The van der Waals surface area contributed by atoms with Gasteiger partial charge in [-0.2, -0.15) is 0 Å². The van der Waals surface area contributed by atoms with Crippen LogP contribution >= 0.6 is 27.3 Å². The molecule has 0 spiro atoms. The molecule has 2 rings (SSSR count). The van der Waals surface area contributed by atoms with Crippen LogP contribution in [0.4, 0.5) is 0 Å². The van der Waals surface area contributed by atoms with Gasteiger partial charge in [0.2, 0.25) is 0 Å². The van der Waals surface area contributed by atoms with Crippen molar-refractivity contribution in [3.63, 3.8) is 0 Å². The summed E-state index contributed by atoms with van der Waals surface area (Å²) in [6.07, 6.45) is 2.12. The summed E-state index contributed by atoms with van der Waals surface area (Å²) in [6, 6.07) is 8.24. The number of aromatic nitrogens is 1. The summed E-state index contributed by atoms with van der Waals surface area (Å²) in [5.74, 6) is 0. The Labute approximate surface area is 114 Å². The molecule has 1 heterocycles. The number of nitrogens with two attached hydrogens (primary N) is 1. The molecule has 0 amide bonds. The second kappa shape index (κ2) is 5.76. The quantitative estimate of drug-likeness (QED) is 0.927. The first-order valence-corrected chi connectivity index (χ1v) is 7.30. The molecule has 0 bridgehead atoms. The highest BCUT2D eigenvalue weighted by Crippen LogP contribution is 2.29. The number of halogens is 1. The summed E-state index contributed by atoms with van der Waals surface area (Å²) in [4.78, 5) is 5.91. The van der Waals surface area contributed by atoms with Crippen molar-refractivity contribution in [1.29, 1.82) is 0 Å². The maximum atomic E-state index is 5.76. The Bertz CT molecular complexity index is 491. The molecule has 2 aromatic rings. The van der Waals surface area contributed by atoms with Gasteiger partial charge in [0, 0.05) is 21.5 Å². The fourth-order valence-electron chi connectivity index (χ4n) is 1.69. The molecule has 2 N–H and O–H groups in total. The maximum Gasteiger partial charge on any atom is 0.123 e. The summed E-state index contributed by atoms with van der Waals surface area (Å²) in [7, 11) is 0. The average molecular weight is 311 g/mol. The van der Waals surface area contributed by atoms with Gasteiger partial charge in [-0.15, -0.1) is 11.3 Å². The molecule has 0 unspecified atom stereocenters. The molecule has 1 aromatic carbocycles. The van der Waals surface area contributed by atoms with Gasteiger partial charge in [-0.05, 0) is 18.6 Å². The number of thiazole rings is 1. The summed E-state index contributed by atoms with van der Waals surface area (Å²) >= 11 is 5.15. The largest absolute Gasteiger partial charge is 0.326 e. The van der Waals surface area contributed by atoms with Crippen molar-refractivity contribution in [2.75, 3.05) is 0 Å². The van der Waals surface area contributed by atoms with Crippen molar-refractivity contribution in [2.45, 2.75) is 26.3 Å². The molecular weight excluding hydrogens is 296 g/mol. The Balaban J connectivity index is 2.35. The smallest absolute Gasteiger partial charge is 0.123 e. The second-order valence-corrected chi connectivity index (χ2v) is 5.85. The van der Waals surface area contributed by atoms with Gasteiger partial charge in [0.1, 0.15) is 5.01 Å². The van der Waals surface area contributed by atoms with Crippen LogP contribution in [0, 0.1) is 0 Å². The minimum Gasteiger partial charge on any atom is -0.326 e. The van der Waals surface area contributed by atoms with Crippen molar-refractivity contribution < 1.29 is 0 Å². The van der Waals surface area contributed by atoms with Gasteiger partial charge in [0.05, 0.1) is 5.69 Å². The summed E-state index contributed by atoms with van der Waals surface area (Å²) < 4.78 is 1.09. The van der Waals surface area contributed by atoms with Gasteiger partial charge in [-0.25, -0.2) is 4.98 Å². The first-order valence-electron chi connectivity index (χ1n) is 5.69. The Morgan fingerprint density at radius 2 is 2.00 bits per heavy atom. The van der Waals surface area contributed by atoms with Gasteiger partial charge < -0.3 is 5.73 Å². The fourth-order valence-corrected chi connectivity index (χ4v) is 2.95. The van der Waals surface area contributed by atoms with Crippen LogP contribution in [-0.2, 0) is 13.0 Å². The fraction of sp³-hybridized carbons (Fsp3) is 0.308. The van der Waals surface area contributed by atoms with E-state index in [1.165, 1.54) is 4.88 Å². The summed E-state index contributed by atoms with van der Waals surface area (Å²) in [6.45, 7) is 2.75. The van der Waals surface area contributed by atoms with Crippen LogP contribution in [0.2, 0.25) is 0 Å². The van der Waals surface area contributed by atoms with Gasteiger partial charge in [0.15, 0.2) is 0 Å². The van der Waals surface area contributed by atoms with E-state index in [0.717, 1.165) is 33.6 Å². The number of nitrogens with zero attached hydrogens (tertiary/aromatic N) is 1. The zero-order valence-corrected chi connectivity index (χ0v) is 12.1. The summed E-state index contributed by atoms with van der Waals surface area (Å²) in [5.41, 5.74) is 8.09. The number of benzene rings is 1. The molecule has 0 saturated heterocycles. The van der Waals surface area contributed by atoms with E-state index in [2.05, 4.69) is 35.0 Å². The lowest BCUT2D eigenvalue weighted by Crippen LogP contribution is -1.97. The lowest BCUT2D eigenvalue weighted by Gasteiger charge is -1.96. The van der Waals surface area contributed by atoms with E-state index in [9.17, 15) is 0 Å². The molecule has 0 radical (unpaired) electrons. The third kappa shape index (κ3) is 2.94. The van der Waals surface area contributed by atoms with Crippen molar-refractivity contribution >= 4 is 27.3 Å². The zero-order valence-electron chi connectivity index (χ0n) is 9.74. The van der Waals surface area contributed by atoms with E-state index in [4.69, 9.17) is 10.7 Å². The van der Waals surface area contributed by atoms with E-state index in [1.54, 1.807) is 11.3 Å². The molecule has 0 aliphatic carbocycles. The number of hydrogen-bond donors (Lipinski definition) is 1. The molecule has 2 nitrogen and oxygen atoms in total. The number of rotatable bonds is 4. The van der Waals surface area contributed by atoms with Gasteiger partial charge in [-0.1, -0.05) is 41.4 Å². The number of hydrogen-bond acceptors (Lipinski definition) is 3. The lowest BCUT2D eigenvalue weighted by atomic mass is 10.2. The molecule has 4 heteroatoms. The average Bonchev–Trinajstić information content (AvgIpc) is 2.74. The van der Waals surface area contributed by atoms with Crippen LogP contribution in [0.25, 0.3) is 10.6 Å². The Hall–Kier alpha value is -0.710. The Morgan fingerprint density at radius 1 is 1.29 bits per heavy atom. The highest BCUT2D eigenvalue weighted by molar-refractivity contribution is 9.10. The van der Waals surface area contributed by atoms with Crippen molar-refractivity contribution in [3.05, 3.63) is 39.3 Å². The highest BCUT2D eigenvalue weighted by atomic mass is 79.9. The molecule has 17 heavy (non-hydrogen) atoms. The molecule has 0 aliphatic heterocycles. The third-order valence-corrected chi connectivity index (χ3v) is 4.24. The van der Waals surface area contributed by atoms with E-state index < -0.39 is 0 Å². The van der Waals surface area contributed by atoms with Crippen LogP contribution in [-0.4, -0.2) is 4.98 Å². The number of aryl methyl sites for hydroxylation is 1. The molecule has 0 atom stereocenters. The van der Waals surface area contributed by atoms with E-state index in [1.807, 2.05) is 12.1 Å². The standard InChI is InChI=1S/C13H15BrN2S/c1-2-3-11-12(8-15)17-13(16-11)9-4-6-10(14)7-5-9/h4-7H,2-3,8,15H2,1H3. The molecular formula is C13H15BrN2S. The van der Waals surface area contributed by atoms with Crippen LogP contribution in [0.1, 0.15) is 23.9 Å². The summed E-state index contributed by atoms with van der Waals surface area (Å²) in [5, 5.41) is 1.07. The Morgan fingerprint density at radius 3 is 2.59 bits per heavy atom. The van der Waals surface area contributed by atoms with Crippen LogP contribution < -0.4 is 5.73 Å². The SMILES string of the molecule is CCCc1nc(-c2ccc(Br)cc2)sc1CN. The van der Waals surface area contributed by atoms with Gasteiger partial charge in [-0.3, -0.25) is 0 Å². The van der Waals surface area contributed by atoms with E-state index in [-0.39, 0.29) is 0 Å². The van der Waals surface area contributed by atoms with E-state index in [0.29, 0.717) is 6.54 Å². The van der Waals surface area contributed by atoms with Crippen LogP contribution in [0.15, 0.2) is 28.7 Å². The monoisotopic (exact) mass is 310 g/mol. The van der Waals surface area contributed by atoms with Crippen molar-refractivity contribution in [1.82, 2.24) is 4.98 Å². The van der Waals surface area contributed by atoms with Crippen molar-refractivity contribution in [2.24, 2.45) is 5.73 Å².